The summed E-state index contributed by atoms with van der Waals surface area (Å²) in [5, 5.41) is 6.36. The smallest absolute Gasteiger partial charge is 0.221 e. The lowest BCUT2D eigenvalue weighted by Gasteiger charge is -2.23. The third-order valence-corrected chi connectivity index (χ3v) is 4.23. The molecule has 7 heteroatoms. The molecule has 0 spiro atoms. The Kier molecular flexibility index (Phi) is 13.8. The van der Waals surface area contributed by atoms with E-state index in [9.17, 15) is 4.79 Å². The van der Waals surface area contributed by atoms with Crippen molar-refractivity contribution in [2.24, 2.45) is 0 Å². The van der Waals surface area contributed by atoms with E-state index < -0.39 is 0 Å². The van der Waals surface area contributed by atoms with Gasteiger partial charge in [0.2, 0.25) is 5.91 Å². The molecular weight excluding hydrogens is 305 g/mol. The molecule has 116 valence electrons. The van der Waals surface area contributed by atoms with Crippen molar-refractivity contribution in [3.63, 3.8) is 0 Å². The van der Waals surface area contributed by atoms with Gasteiger partial charge in [-0.2, -0.15) is 11.8 Å². The van der Waals surface area contributed by atoms with Crippen molar-refractivity contribution < 1.29 is 4.79 Å². The molecule has 4 nitrogen and oxygen atoms in total. The van der Waals surface area contributed by atoms with Crippen LogP contribution in [0.3, 0.4) is 0 Å². The molecule has 1 aliphatic rings. The molecule has 0 aliphatic carbocycles. The Labute approximate surface area is 133 Å². The fourth-order valence-electron chi connectivity index (χ4n) is 1.68. The van der Waals surface area contributed by atoms with E-state index in [1.165, 1.54) is 0 Å². The first-order valence-electron chi connectivity index (χ1n) is 6.37. The van der Waals surface area contributed by atoms with Crippen LogP contribution in [0.15, 0.2) is 0 Å². The van der Waals surface area contributed by atoms with E-state index in [1.54, 1.807) is 0 Å². The molecule has 1 fully saturated rings. The summed E-state index contributed by atoms with van der Waals surface area (Å²) in [7, 11) is 2.08. The van der Waals surface area contributed by atoms with E-state index >= 15 is 0 Å². The van der Waals surface area contributed by atoms with E-state index in [2.05, 4.69) is 36.4 Å². The Hall–Kier alpha value is 0.320. The number of carbonyl (C=O) groups is 1. The number of halogens is 2. The summed E-state index contributed by atoms with van der Waals surface area (Å²) in [6.07, 6.45) is 0.610. The Balaban J connectivity index is 0. The van der Waals surface area contributed by atoms with Crippen LogP contribution in [0, 0.1) is 0 Å². The Bertz CT molecular complexity index is 239. The van der Waals surface area contributed by atoms with Gasteiger partial charge in [0.05, 0.1) is 0 Å². The zero-order valence-electron chi connectivity index (χ0n) is 12.0. The SMILES string of the molecule is CC(C)N(C)CCNC(=O)CC1CSCCN1.Cl.Cl. The standard InChI is InChI=1S/C12H25N3OS.2ClH/c1-10(2)15(3)6-4-14-12(16)8-11-9-17-7-5-13-11;;/h10-11,13H,4-9H2,1-3H3,(H,14,16);2*1H. The van der Waals surface area contributed by atoms with Gasteiger partial charge >= 0.3 is 0 Å². The van der Waals surface area contributed by atoms with Crippen molar-refractivity contribution >= 4 is 42.5 Å². The fourth-order valence-corrected chi connectivity index (χ4v) is 2.63. The van der Waals surface area contributed by atoms with Gasteiger partial charge in [-0.3, -0.25) is 4.79 Å². The largest absolute Gasteiger partial charge is 0.355 e. The number of thioether (sulfide) groups is 1. The summed E-state index contributed by atoms with van der Waals surface area (Å²) < 4.78 is 0. The van der Waals surface area contributed by atoms with Gasteiger partial charge in [0.15, 0.2) is 0 Å². The van der Waals surface area contributed by atoms with Crippen molar-refractivity contribution in [3.05, 3.63) is 0 Å². The predicted octanol–water partition coefficient (Wildman–Crippen LogP) is 1.38. The quantitative estimate of drug-likeness (QED) is 0.771. The molecule has 1 rings (SSSR count). The molecule has 1 heterocycles. The Morgan fingerprint density at radius 2 is 2.16 bits per heavy atom. The van der Waals surface area contributed by atoms with Crippen LogP contribution in [0.2, 0.25) is 0 Å². The molecule has 19 heavy (non-hydrogen) atoms. The minimum absolute atomic E-state index is 0. The lowest BCUT2D eigenvalue weighted by molar-refractivity contribution is -0.121. The maximum absolute atomic E-state index is 11.7. The fraction of sp³-hybridized carbons (Fsp3) is 0.917. The molecule has 0 saturated carbocycles. The van der Waals surface area contributed by atoms with Gasteiger partial charge in [-0.05, 0) is 20.9 Å². The molecule has 0 bridgehead atoms. The molecule has 1 unspecified atom stereocenters. The summed E-state index contributed by atoms with van der Waals surface area (Å²) in [6, 6.07) is 0.889. The van der Waals surface area contributed by atoms with Crippen LogP contribution in [0.5, 0.6) is 0 Å². The molecule has 1 aliphatic heterocycles. The van der Waals surface area contributed by atoms with Crippen LogP contribution < -0.4 is 10.6 Å². The third-order valence-electron chi connectivity index (χ3n) is 3.10. The zero-order chi connectivity index (χ0) is 12.7. The van der Waals surface area contributed by atoms with Crippen LogP contribution in [0.4, 0.5) is 0 Å². The van der Waals surface area contributed by atoms with Crippen molar-refractivity contribution in [2.45, 2.75) is 32.4 Å². The van der Waals surface area contributed by atoms with Gasteiger partial charge in [0, 0.05) is 49.6 Å². The first-order chi connectivity index (χ1) is 8.09. The molecule has 0 aromatic heterocycles. The van der Waals surface area contributed by atoms with E-state index in [0.717, 1.165) is 31.1 Å². The summed E-state index contributed by atoms with van der Waals surface area (Å²) in [5.41, 5.74) is 0. The number of hydrogen-bond acceptors (Lipinski definition) is 4. The van der Waals surface area contributed by atoms with Crippen LogP contribution in [0.1, 0.15) is 20.3 Å². The highest BCUT2D eigenvalue weighted by molar-refractivity contribution is 7.99. The van der Waals surface area contributed by atoms with Gasteiger partial charge in [-0.15, -0.1) is 24.8 Å². The minimum atomic E-state index is 0. The molecule has 2 N–H and O–H groups in total. The summed E-state index contributed by atoms with van der Waals surface area (Å²) in [6.45, 7) is 7.00. The average molecular weight is 332 g/mol. The van der Waals surface area contributed by atoms with Crippen molar-refractivity contribution in [1.29, 1.82) is 0 Å². The molecule has 0 aromatic carbocycles. The van der Waals surface area contributed by atoms with E-state index in [4.69, 9.17) is 0 Å². The molecule has 1 saturated heterocycles. The highest BCUT2D eigenvalue weighted by Crippen LogP contribution is 2.09. The van der Waals surface area contributed by atoms with Crippen LogP contribution >= 0.6 is 36.6 Å². The van der Waals surface area contributed by atoms with Crippen molar-refractivity contribution in [3.8, 4) is 0 Å². The predicted molar refractivity (Wildman–Crippen MR) is 89.0 cm³/mol. The third kappa shape index (κ3) is 9.79. The molecule has 1 atom stereocenters. The van der Waals surface area contributed by atoms with E-state index in [-0.39, 0.29) is 30.7 Å². The Morgan fingerprint density at radius 1 is 1.47 bits per heavy atom. The maximum Gasteiger partial charge on any atom is 0.221 e. The van der Waals surface area contributed by atoms with E-state index in [0.29, 0.717) is 18.5 Å². The van der Waals surface area contributed by atoms with Gasteiger partial charge in [0.25, 0.3) is 0 Å². The van der Waals surface area contributed by atoms with Crippen molar-refractivity contribution in [1.82, 2.24) is 15.5 Å². The van der Waals surface area contributed by atoms with Crippen LogP contribution in [-0.4, -0.2) is 61.1 Å². The zero-order valence-corrected chi connectivity index (χ0v) is 14.4. The highest BCUT2D eigenvalue weighted by atomic mass is 35.5. The number of amides is 1. The number of nitrogens with one attached hydrogen (secondary N) is 2. The summed E-state index contributed by atoms with van der Waals surface area (Å²) in [4.78, 5) is 13.9. The van der Waals surface area contributed by atoms with E-state index in [1.807, 2.05) is 11.8 Å². The number of likely N-dealkylation sites (N-methyl/N-ethyl adjacent to an activating group) is 1. The number of nitrogens with zero attached hydrogens (tertiary/aromatic N) is 1. The first-order valence-corrected chi connectivity index (χ1v) is 7.53. The van der Waals surface area contributed by atoms with Crippen molar-refractivity contribution in [2.75, 3.05) is 38.2 Å². The normalized spacial score (nSPS) is 18.7. The maximum atomic E-state index is 11.7. The molecular formula is C12H27Cl2N3OS. The second kappa shape index (κ2) is 12.1. The highest BCUT2D eigenvalue weighted by Gasteiger charge is 2.16. The summed E-state index contributed by atoms with van der Waals surface area (Å²) >= 11 is 1.93. The van der Waals surface area contributed by atoms with Gasteiger partial charge in [0.1, 0.15) is 0 Å². The topological polar surface area (TPSA) is 44.4 Å². The van der Waals surface area contributed by atoms with Crippen LogP contribution in [-0.2, 0) is 4.79 Å². The van der Waals surface area contributed by atoms with Crippen LogP contribution in [0.25, 0.3) is 0 Å². The number of carbonyl (C=O) groups excluding carboxylic acids is 1. The van der Waals surface area contributed by atoms with Gasteiger partial charge in [-0.25, -0.2) is 0 Å². The summed E-state index contributed by atoms with van der Waals surface area (Å²) in [5.74, 6) is 2.39. The first kappa shape index (κ1) is 21.6. The molecule has 1 amide bonds. The van der Waals surface area contributed by atoms with Gasteiger partial charge in [-0.1, -0.05) is 0 Å². The number of rotatable bonds is 6. The lowest BCUT2D eigenvalue weighted by Crippen LogP contribution is -2.42. The average Bonchev–Trinajstić information content (AvgIpc) is 2.30. The monoisotopic (exact) mass is 331 g/mol. The number of hydrogen-bond donors (Lipinski definition) is 2. The second-order valence-corrected chi connectivity index (χ2v) is 6.00. The molecule has 0 aromatic rings. The minimum Gasteiger partial charge on any atom is -0.355 e. The second-order valence-electron chi connectivity index (χ2n) is 4.85. The lowest BCUT2D eigenvalue weighted by atomic mass is 10.2. The molecule has 0 radical (unpaired) electrons. The Morgan fingerprint density at radius 3 is 2.68 bits per heavy atom. The van der Waals surface area contributed by atoms with Gasteiger partial charge < -0.3 is 15.5 Å².